The number of amides is 2. The number of benzene rings is 1. The number of thiophene rings is 1. The SMILES string of the molecule is CCN(CC)C(=O)c1sc(NC(=O)C=Cc2ccc3c(c2)OCO3)c(C(=O)OC(C)C)c1C. The van der Waals surface area contributed by atoms with Crippen molar-refractivity contribution in [2.45, 2.75) is 40.7 Å². The van der Waals surface area contributed by atoms with Gasteiger partial charge in [0, 0.05) is 19.2 Å². The van der Waals surface area contributed by atoms with Gasteiger partial charge in [-0.05, 0) is 64.0 Å². The Kier molecular flexibility index (Phi) is 7.75. The summed E-state index contributed by atoms with van der Waals surface area (Å²) in [5.74, 6) is 0.0772. The van der Waals surface area contributed by atoms with E-state index in [2.05, 4.69) is 5.32 Å². The molecular weight excluding hydrogens is 444 g/mol. The molecule has 8 nitrogen and oxygen atoms in total. The molecule has 0 radical (unpaired) electrons. The molecule has 33 heavy (non-hydrogen) atoms. The van der Waals surface area contributed by atoms with Gasteiger partial charge in [-0.1, -0.05) is 6.07 Å². The summed E-state index contributed by atoms with van der Waals surface area (Å²) in [6.07, 6.45) is 2.65. The van der Waals surface area contributed by atoms with Crippen molar-refractivity contribution < 1.29 is 28.6 Å². The first kappa shape index (κ1) is 24.3. The highest BCUT2D eigenvalue weighted by Gasteiger charge is 2.28. The summed E-state index contributed by atoms with van der Waals surface area (Å²) < 4.78 is 16.0. The zero-order chi connectivity index (χ0) is 24.1. The molecular formula is C24H28N2O6S. The van der Waals surface area contributed by atoms with Crippen LogP contribution < -0.4 is 14.8 Å². The van der Waals surface area contributed by atoms with Crippen molar-refractivity contribution in [3.63, 3.8) is 0 Å². The summed E-state index contributed by atoms with van der Waals surface area (Å²) >= 11 is 1.08. The van der Waals surface area contributed by atoms with E-state index in [1.165, 1.54) is 6.08 Å². The molecule has 0 atom stereocenters. The van der Waals surface area contributed by atoms with Crippen molar-refractivity contribution in [2.24, 2.45) is 0 Å². The summed E-state index contributed by atoms with van der Waals surface area (Å²) in [6.45, 7) is 10.2. The largest absolute Gasteiger partial charge is 0.459 e. The molecule has 0 aliphatic carbocycles. The Balaban J connectivity index is 1.86. The molecule has 1 aliphatic heterocycles. The number of hydrogen-bond donors (Lipinski definition) is 1. The van der Waals surface area contributed by atoms with Crippen LogP contribution in [-0.4, -0.2) is 48.7 Å². The predicted octanol–water partition coefficient (Wildman–Crippen LogP) is 4.48. The Morgan fingerprint density at radius 1 is 1.18 bits per heavy atom. The van der Waals surface area contributed by atoms with Gasteiger partial charge in [-0.2, -0.15) is 0 Å². The molecule has 0 saturated heterocycles. The topological polar surface area (TPSA) is 94.2 Å². The maximum Gasteiger partial charge on any atom is 0.341 e. The van der Waals surface area contributed by atoms with Crippen molar-refractivity contribution >= 4 is 40.2 Å². The van der Waals surface area contributed by atoms with Crippen LogP contribution >= 0.6 is 11.3 Å². The molecule has 0 fully saturated rings. The molecule has 176 valence electrons. The first-order valence-electron chi connectivity index (χ1n) is 10.8. The van der Waals surface area contributed by atoms with E-state index in [0.29, 0.717) is 35.0 Å². The van der Waals surface area contributed by atoms with Gasteiger partial charge in [-0.25, -0.2) is 4.79 Å². The van der Waals surface area contributed by atoms with E-state index in [1.54, 1.807) is 49.9 Å². The highest BCUT2D eigenvalue weighted by Crippen LogP contribution is 2.35. The molecule has 9 heteroatoms. The Bertz CT molecular complexity index is 1080. The van der Waals surface area contributed by atoms with Crippen molar-refractivity contribution in [1.82, 2.24) is 4.90 Å². The second-order valence-corrected chi connectivity index (χ2v) is 8.65. The number of anilines is 1. The Morgan fingerprint density at radius 3 is 2.55 bits per heavy atom. The van der Waals surface area contributed by atoms with Crippen LogP contribution in [-0.2, 0) is 9.53 Å². The molecule has 0 unspecified atom stereocenters. The highest BCUT2D eigenvalue weighted by atomic mass is 32.1. The highest BCUT2D eigenvalue weighted by molar-refractivity contribution is 7.18. The smallest absolute Gasteiger partial charge is 0.341 e. The number of nitrogens with one attached hydrogen (secondary N) is 1. The summed E-state index contributed by atoms with van der Waals surface area (Å²) in [5, 5.41) is 3.03. The third-order valence-electron chi connectivity index (χ3n) is 5.00. The number of fused-ring (bicyclic) bond motifs is 1. The third kappa shape index (κ3) is 5.54. The number of carbonyl (C=O) groups is 3. The average molecular weight is 473 g/mol. The van der Waals surface area contributed by atoms with Crippen molar-refractivity contribution in [1.29, 1.82) is 0 Å². The maximum atomic E-state index is 13.0. The lowest BCUT2D eigenvalue weighted by molar-refractivity contribution is -0.111. The van der Waals surface area contributed by atoms with Crippen molar-refractivity contribution in [2.75, 3.05) is 25.2 Å². The monoisotopic (exact) mass is 472 g/mol. The van der Waals surface area contributed by atoms with Gasteiger partial charge in [0.15, 0.2) is 11.5 Å². The number of hydrogen-bond acceptors (Lipinski definition) is 7. The molecule has 0 spiro atoms. The van der Waals surface area contributed by atoms with Gasteiger partial charge >= 0.3 is 5.97 Å². The molecule has 3 rings (SSSR count). The van der Waals surface area contributed by atoms with Crippen molar-refractivity contribution in [3.05, 3.63) is 45.8 Å². The summed E-state index contributed by atoms with van der Waals surface area (Å²) in [5.41, 5.74) is 1.46. The zero-order valence-corrected chi connectivity index (χ0v) is 20.2. The van der Waals surface area contributed by atoms with Gasteiger partial charge in [-0.3, -0.25) is 9.59 Å². The lowest BCUT2D eigenvalue weighted by atomic mass is 10.1. The van der Waals surface area contributed by atoms with Gasteiger partial charge in [0.2, 0.25) is 12.7 Å². The number of ether oxygens (including phenoxy) is 3. The zero-order valence-electron chi connectivity index (χ0n) is 19.4. The van der Waals surface area contributed by atoms with Gasteiger partial charge in [0.05, 0.1) is 16.5 Å². The van der Waals surface area contributed by atoms with Crippen molar-refractivity contribution in [3.8, 4) is 11.5 Å². The summed E-state index contributed by atoms with van der Waals surface area (Å²) in [7, 11) is 0. The molecule has 1 aliphatic rings. The minimum atomic E-state index is -0.576. The molecule has 1 N–H and O–H groups in total. The van der Waals surface area contributed by atoms with Gasteiger partial charge in [-0.15, -0.1) is 11.3 Å². The molecule has 1 aromatic carbocycles. The van der Waals surface area contributed by atoms with E-state index in [4.69, 9.17) is 14.2 Å². The second-order valence-electron chi connectivity index (χ2n) is 7.63. The molecule has 0 saturated carbocycles. The minimum absolute atomic E-state index is 0.171. The summed E-state index contributed by atoms with van der Waals surface area (Å²) in [6, 6.07) is 5.35. The van der Waals surface area contributed by atoms with Crippen LogP contribution in [0.1, 0.15) is 58.9 Å². The molecule has 0 bridgehead atoms. The van der Waals surface area contributed by atoms with E-state index >= 15 is 0 Å². The fraction of sp³-hybridized carbons (Fsp3) is 0.375. The Hall–Kier alpha value is -3.33. The Morgan fingerprint density at radius 2 is 1.88 bits per heavy atom. The Labute approximate surface area is 197 Å². The number of esters is 1. The molecule has 2 aromatic rings. The van der Waals surface area contributed by atoms with E-state index < -0.39 is 11.9 Å². The molecule has 1 aromatic heterocycles. The lowest BCUT2D eigenvalue weighted by Gasteiger charge is -2.18. The fourth-order valence-corrected chi connectivity index (χ4v) is 4.49. The van der Waals surface area contributed by atoms with Gasteiger partial charge in [0.1, 0.15) is 5.00 Å². The standard InChI is InChI=1S/C24H28N2O6S/c1-6-26(7-2)23(28)21-15(5)20(24(29)32-14(3)4)22(33-21)25-19(27)11-9-16-8-10-17-18(12-16)31-13-30-17/h8-12,14H,6-7,13H2,1-5H3,(H,25,27). The first-order valence-corrected chi connectivity index (χ1v) is 11.6. The van der Waals surface area contributed by atoms with Crippen LogP contribution in [0.15, 0.2) is 24.3 Å². The van der Waals surface area contributed by atoms with E-state index in [0.717, 1.165) is 16.9 Å². The lowest BCUT2D eigenvalue weighted by Crippen LogP contribution is -2.30. The average Bonchev–Trinajstić information content (AvgIpc) is 3.36. The molecule has 2 amide bonds. The normalized spacial score (nSPS) is 12.3. The minimum Gasteiger partial charge on any atom is -0.459 e. The number of carbonyl (C=O) groups excluding carboxylic acids is 3. The number of rotatable bonds is 8. The van der Waals surface area contributed by atoms with Crippen LogP contribution in [0.25, 0.3) is 6.08 Å². The van der Waals surface area contributed by atoms with Crippen LogP contribution in [0, 0.1) is 6.92 Å². The van der Waals surface area contributed by atoms with Crippen LogP contribution in [0.5, 0.6) is 11.5 Å². The van der Waals surface area contributed by atoms with Crippen LogP contribution in [0.2, 0.25) is 0 Å². The quantitative estimate of drug-likeness (QED) is 0.450. The van der Waals surface area contributed by atoms with E-state index in [9.17, 15) is 14.4 Å². The number of nitrogens with zero attached hydrogens (tertiary/aromatic N) is 1. The molecule has 2 heterocycles. The van der Waals surface area contributed by atoms with Gasteiger partial charge in [0.25, 0.3) is 5.91 Å². The van der Waals surface area contributed by atoms with Crippen LogP contribution in [0.4, 0.5) is 5.00 Å². The third-order valence-corrected chi connectivity index (χ3v) is 6.19. The maximum absolute atomic E-state index is 13.0. The second kappa shape index (κ2) is 10.5. The summed E-state index contributed by atoms with van der Waals surface area (Å²) in [4.78, 5) is 40.5. The van der Waals surface area contributed by atoms with E-state index in [1.807, 2.05) is 13.8 Å². The first-order chi connectivity index (χ1) is 15.7. The van der Waals surface area contributed by atoms with Crippen LogP contribution in [0.3, 0.4) is 0 Å². The van der Waals surface area contributed by atoms with Gasteiger partial charge < -0.3 is 24.4 Å². The predicted molar refractivity (Wildman–Crippen MR) is 127 cm³/mol. The van der Waals surface area contributed by atoms with E-state index in [-0.39, 0.29) is 29.4 Å². The fourth-order valence-electron chi connectivity index (χ4n) is 3.32.